The monoisotopic (exact) mass is 382 g/mol. The first-order valence-electron chi connectivity index (χ1n) is 7.89. The summed E-state index contributed by atoms with van der Waals surface area (Å²) in [6, 6.07) is 13.5. The molecule has 8 heteroatoms. The molecule has 3 rings (SSSR count). The maximum Gasteiger partial charge on any atom is 0.337 e. The lowest BCUT2D eigenvalue weighted by Gasteiger charge is -2.07. The van der Waals surface area contributed by atoms with Crippen molar-refractivity contribution in [3.05, 3.63) is 77.2 Å². The number of ether oxygens (including phenoxy) is 1. The molecule has 136 valence electrons. The van der Waals surface area contributed by atoms with Crippen LogP contribution in [0.4, 0.5) is 17.2 Å². The Kier molecular flexibility index (Phi) is 5.63. The second-order valence-electron chi connectivity index (χ2n) is 5.45. The summed E-state index contributed by atoms with van der Waals surface area (Å²) in [6.07, 6.45) is 2.81. The van der Waals surface area contributed by atoms with E-state index in [1.165, 1.54) is 19.5 Å². The molecule has 7 nitrogen and oxygen atoms in total. The summed E-state index contributed by atoms with van der Waals surface area (Å²) in [4.78, 5) is 31.9. The van der Waals surface area contributed by atoms with Crippen LogP contribution in [0.2, 0.25) is 5.02 Å². The zero-order valence-electron chi connectivity index (χ0n) is 14.3. The van der Waals surface area contributed by atoms with Gasteiger partial charge in [-0.15, -0.1) is 0 Å². The van der Waals surface area contributed by atoms with Gasteiger partial charge in [-0.05, 0) is 42.5 Å². The molecule has 1 heterocycles. The minimum Gasteiger partial charge on any atom is -0.465 e. The fourth-order valence-corrected chi connectivity index (χ4v) is 2.42. The molecule has 0 aliphatic heterocycles. The third-order valence-corrected chi connectivity index (χ3v) is 3.78. The van der Waals surface area contributed by atoms with Gasteiger partial charge in [0.1, 0.15) is 11.5 Å². The van der Waals surface area contributed by atoms with Crippen LogP contribution in [0.15, 0.2) is 60.9 Å². The van der Waals surface area contributed by atoms with Crippen molar-refractivity contribution in [1.82, 2.24) is 9.97 Å². The molecule has 0 unspecified atom stereocenters. The first kappa shape index (κ1) is 18.3. The van der Waals surface area contributed by atoms with Crippen LogP contribution in [0, 0.1) is 0 Å². The van der Waals surface area contributed by atoms with E-state index in [9.17, 15) is 9.59 Å². The fourth-order valence-electron chi connectivity index (χ4n) is 2.23. The average Bonchev–Trinajstić information content (AvgIpc) is 2.68. The number of hydrogen-bond acceptors (Lipinski definition) is 6. The van der Waals surface area contributed by atoms with Crippen molar-refractivity contribution in [3.8, 4) is 0 Å². The van der Waals surface area contributed by atoms with Crippen molar-refractivity contribution in [3.63, 3.8) is 0 Å². The normalized spacial score (nSPS) is 10.1. The molecule has 2 aromatic carbocycles. The summed E-state index contributed by atoms with van der Waals surface area (Å²) < 4.78 is 4.65. The number of carbonyl (C=O) groups is 2. The molecule has 0 radical (unpaired) electrons. The number of rotatable bonds is 5. The van der Waals surface area contributed by atoms with Crippen LogP contribution in [0.25, 0.3) is 0 Å². The Morgan fingerprint density at radius 1 is 1.00 bits per heavy atom. The van der Waals surface area contributed by atoms with E-state index in [4.69, 9.17) is 11.6 Å². The summed E-state index contributed by atoms with van der Waals surface area (Å²) in [7, 11) is 1.33. The summed E-state index contributed by atoms with van der Waals surface area (Å²) in [5.41, 5.74) is 1.90. The Morgan fingerprint density at radius 2 is 1.78 bits per heavy atom. The highest BCUT2D eigenvalue weighted by atomic mass is 35.5. The molecule has 2 N–H and O–H groups in total. The number of benzene rings is 2. The van der Waals surface area contributed by atoms with Crippen molar-refractivity contribution < 1.29 is 14.3 Å². The summed E-state index contributed by atoms with van der Waals surface area (Å²) in [5, 5.41) is 6.26. The maximum absolute atomic E-state index is 12.2. The molecule has 1 amide bonds. The summed E-state index contributed by atoms with van der Waals surface area (Å²) in [5.74, 6) is -0.338. The molecule has 0 saturated carbocycles. The van der Waals surface area contributed by atoms with Crippen LogP contribution in [0.5, 0.6) is 0 Å². The van der Waals surface area contributed by atoms with E-state index in [2.05, 4.69) is 25.3 Å². The smallest absolute Gasteiger partial charge is 0.337 e. The SMILES string of the molecule is COC(=O)c1ccc(Nc2cnc(C(=O)Nc3cccc(Cl)c3)cn2)cc1. The van der Waals surface area contributed by atoms with Crippen molar-refractivity contribution in [2.24, 2.45) is 0 Å². The zero-order chi connectivity index (χ0) is 19.2. The van der Waals surface area contributed by atoms with E-state index in [0.717, 1.165) is 0 Å². The molecule has 0 saturated heterocycles. The Balaban J connectivity index is 1.64. The number of nitrogens with zero attached hydrogens (tertiary/aromatic N) is 2. The van der Waals surface area contributed by atoms with Gasteiger partial charge in [-0.3, -0.25) is 4.79 Å². The Labute approximate surface area is 160 Å². The van der Waals surface area contributed by atoms with Crippen LogP contribution >= 0.6 is 11.6 Å². The van der Waals surface area contributed by atoms with Crippen LogP contribution in [0.1, 0.15) is 20.8 Å². The van der Waals surface area contributed by atoms with Gasteiger partial charge in [0.25, 0.3) is 5.91 Å². The molecule has 0 atom stereocenters. The molecule has 3 aromatic rings. The lowest BCUT2D eigenvalue weighted by Crippen LogP contribution is -2.14. The molecule has 1 aromatic heterocycles. The van der Waals surface area contributed by atoms with E-state index in [1.54, 1.807) is 48.5 Å². The zero-order valence-corrected chi connectivity index (χ0v) is 15.0. The number of aromatic nitrogens is 2. The van der Waals surface area contributed by atoms with Gasteiger partial charge in [-0.25, -0.2) is 14.8 Å². The van der Waals surface area contributed by atoms with Crippen molar-refractivity contribution in [1.29, 1.82) is 0 Å². The summed E-state index contributed by atoms with van der Waals surface area (Å²) in [6.45, 7) is 0. The van der Waals surface area contributed by atoms with E-state index in [-0.39, 0.29) is 5.69 Å². The minimum absolute atomic E-state index is 0.168. The van der Waals surface area contributed by atoms with E-state index in [0.29, 0.717) is 27.8 Å². The van der Waals surface area contributed by atoms with Crippen molar-refractivity contribution >= 4 is 40.7 Å². The minimum atomic E-state index is -0.406. The highest BCUT2D eigenvalue weighted by Gasteiger charge is 2.09. The predicted octanol–water partition coefficient (Wildman–Crippen LogP) is 3.91. The molecular weight excluding hydrogens is 368 g/mol. The lowest BCUT2D eigenvalue weighted by atomic mass is 10.2. The van der Waals surface area contributed by atoms with Crippen LogP contribution in [0.3, 0.4) is 0 Å². The van der Waals surface area contributed by atoms with Crippen molar-refractivity contribution in [2.75, 3.05) is 17.7 Å². The van der Waals surface area contributed by atoms with Crippen molar-refractivity contribution in [2.45, 2.75) is 0 Å². The van der Waals surface area contributed by atoms with E-state index >= 15 is 0 Å². The Bertz CT molecular complexity index is 959. The first-order chi connectivity index (χ1) is 13.0. The lowest BCUT2D eigenvalue weighted by molar-refractivity contribution is 0.0600. The topological polar surface area (TPSA) is 93.2 Å². The number of hydrogen-bond donors (Lipinski definition) is 2. The number of halogens is 1. The van der Waals surface area contributed by atoms with Crippen LogP contribution < -0.4 is 10.6 Å². The largest absolute Gasteiger partial charge is 0.465 e. The fraction of sp³-hybridized carbons (Fsp3) is 0.0526. The third-order valence-electron chi connectivity index (χ3n) is 3.55. The standard InChI is InChI=1S/C19H15ClN4O3/c1-27-19(26)12-5-7-14(8-6-12)23-17-11-21-16(10-22-17)18(25)24-15-4-2-3-13(20)9-15/h2-11H,1H3,(H,22,23)(H,24,25). The van der Waals surface area contributed by atoms with Gasteiger partial charge in [0.2, 0.25) is 0 Å². The third kappa shape index (κ3) is 4.80. The number of nitrogens with one attached hydrogen (secondary N) is 2. The number of anilines is 3. The molecule has 27 heavy (non-hydrogen) atoms. The summed E-state index contributed by atoms with van der Waals surface area (Å²) >= 11 is 5.89. The first-order valence-corrected chi connectivity index (χ1v) is 8.27. The van der Waals surface area contributed by atoms with E-state index < -0.39 is 11.9 Å². The van der Waals surface area contributed by atoms with Gasteiger partial charge < -0.3 is 15.4 Å². The van der Waals surface area contributed by atoms with Crippen LogP contribution in [-0.2, 0) is 4.74 Å². The number of carbonyl (C=O) groups excluding carboxylic acids is 2. The molecule has 0 spiro atoms. The van der Waals surface area contributed by atoms with E-state index in [1.807, 2.05) is 0 Å². The molecule has 0 fully saturated rings. The van der Waals surface area contributed by atoms with Gasteiger partial charge in [-0.2, -0.15) is 0 Å². The maximum atomic E-state index is 12.2. The number of methoxy groups -OCH3 is 1. The Hall–Kier alpha value is -3.45. The molecule has 0 aliphatic rings. The highest BCUT2D eigenvalue weighted by Crippen LogP contribution is 2.17. The molecular formula is C19H15ClN4O3. The second kappa shape index (κ2) is 8.29. The molecule has 0 aliphatic carbocycles. The average molecular weight is 383 g/mol. The van der Waals surface area contributed by atoms with Gasteiger partial charge >= 0.3 is 5.97 Å². The van der Waals surface area contributed by atoms with Gasteiger partial charge in [0.15, 0.2) is 0 Å². The number of amides is 1. The quantitative estimate of drug-likeness (QED) is 0.650. The van der Waals surface area contributed by atoms with Gasteiger partial charge in [0.05, 0.1) is 25.1 Å². The van der Waals surface area contributed by atoms with Crippen LogP contribution in [-0.4, -0.2) is 29.0 Å². The predicted molar refractivity (Wildman–Crippen MR) is 103 cm³/mol. The van der Waals surface area contributed by atoms with Gasteiger partial charge in [0, 0.05) is 16.4 Å². The second-order valence-corrected chi connectivity index (χ2v) is 5.88. The Morgan fingerprint density at radius 3 is 2.41 bits per heavy atom. The van der Waals surface area contributed by atoms with Gasteiger partial charge in [-0.1, -0.05) is 17.7 Å². The highest BCUT2D eigenvalue weighted by molar-refractivity contribution is 6.30. The number of esters is 1. The molecule has 0 bridgehead atoms.